The fourth-order valence-electron chi connectivity index (χ4n) is 1.51. The number of methoxy groups -OCH3 is 1. The van der Waals surface area contributed by atoms with E-state index in [1.807, 2.05) is 0 Å². The third-order valence-corrected chi connectivity index (χ3v) is 2.70. The lowest BCUT2D eigenvalue weighted by Crippen LogP contribution is -2.45. The van der Waals surface area contributed by atoms with Gasteiger partial charge in [-0.05, 0) is 24.6 Å². The highest BCUT2D eigenvalue weighted by molar-refractivity contribution is 5.95. The van der Waals surface area contributed by atoms with Gasteiger partial charge < -0.3 is 14.8 Å². The number of unbranched alkanes of at least 4 members (excludes halogenated alkanes) is 1. The molecule has 0 heterocycles. The van der Waals surface area contributed by atoms with Crippen molar-refractivity contribution in [2.75, 3.05) is 20.8 Å². The van der Waals surface area contributed by atoms with Gasteiger partial charge in [0.2, 0.25) is 0 Å². The van der Waals surface area contributed by atoms with Crippen LogP contribution in [0.15, 0.2) is 18.2 Å². The van der Waals surface area contributed by atoms with Crippen molar-refractivity contribution in [1.29, 1.82) is 0 Å². The number of carbonyl (C=O) groups excluding carboxylic acids is 2. The Balaban J connectivity index is 2.76. The molecule has 0 atom stereocenters. The van der Waals surface area contributed by atoms with E-state index in [2.05, 4.69) is 23.1 Å². The molecule has 116 valence electrons. The molecule has 0 aromatic heterocycles. The van der Waals surface area contributed by atoms with Crippen LogP contribution in [0.1, 0.15) is 30.1 Å². The Labute approximate surface area is 124 Å². The summed E-state index contributed by atoms with van der Waals surface area (Å²) in [6.45, 7) is 2.61. The molecule has 0 spiro atoms. The van der Waals surface area contributed by atoms with Crippen molar-refractivity contribution in [3.63, 3.8) is 0 Å². The topological polar surface area (TPSA) is 88.7 Å². The van der Waals surface area contributed by atoms with Gasteiger partial charge in [-0.3, -0.25) is 10.2 Å². The zero-order valence-electron chi connectivity index (χ0n) is 12.5. The van der Waals surface area contributed by atoms with Crippen LogP contribution >= 0.6 is 0 Å². The van der Waals surface area contributed by atoms with Crippen molar-refractivity contribution < 1.29 is 19.1 Å². The number of benzene rings is 1. The summed E-state index contributed by atoms with van der Waals surface area (Å²) < 4.78 is 10.8. The van der Waals surface area contributed by atoms with Crippen LogP contribution in [-0.2, 0) is 0 Å². The van der Waals surface area contributed by atoms with E-state index in [1.165, 1.54) is 14.2 Å². The molecule has 0 fully saturated rings. The summed E-state index contributed by atoms with van der Waals surface area (Å²) in [6.07, 6.45) is 1.93. The zero-order chi connectivity index (χ0) is 15.7. The van der Waals surface area contributed by atoms with Crippen LogP contribution in [0.4, 0.5) is 4.79 Å². The van der Waals surface area contributed by atoms with E-state index in [1.54, 1.807) is 18.2 Å². The van der Waals surface area contributed by atoms with E-state index in [0.717, 1.165) is 12.8 Å². The first-order chi connectivity index (χ1) is 10.1. The van der Waals surface area contributed by atoms with Gasteiger partial charge in [0.05, 0.1) is 13.7 Å². The lowest BCUT2D eigenvalue weighted by Gasteiger charge is -2.12. The van der Waals surface area contributed by atoms with Gasteiger partial charge in [-0.15, -0.1) is 0 Å². The van der Waals surface area contributed by atoms with Crippen LogP contribution in [0.3, 0.4) is 0 Å². The van der Waals surface area contributed by atoms with Gasteiger partial charge in [-0.1, -0.05) is 13.3 Å². The Morgan fingerprint density at radius 1 is 1.19 bits per heavy atom. The summed E-state index contributed by atoms with van der Waals surface area (Å²) in [5.41, 5.74) is 4.85. The monoisotopic (exact) mass is 295 g/mol. The zero-order valence-corrected chi connectivity index (χ0v) is 12.5. The first-order valence-electron chi connectivity index (χ1n) is 6.71. The number of hydrogen-bond acceptors (Lipinski definition) is 4. The Morgan fingerprint density at radius 2 is 1.95 bits per heavy atom. The van der Waals surface area contributed by atoms with Crippen LogP contribution in [0, 0.1) is 0 Å². The van der Waals surface area contributed by atoms with E-state index in [0.29, 0.717) is 23.7 Å². The van der Waals surface area contributed by atoms with Crippen molar-refractivity contribution in [1.82, 2.24) is 16.2 Å². The summed E-state index contributed by atoms with van der Waals surface area (Å²) in [5.74, 6) is 0.613. The Bertz CT molecular complexity index is 491. The number of hydrazine groups is 1. The van der Waals surface area contributed by atoms with Crippen LogP contribution < -0.4 is 25.6 Å². The van der Waals surface area contributed by atoms with Crippen LogP contribution in [0.2, 0.25) is 0 Å². The van der Waals surface area contributed by atoms with Crippen molar-refractivity contribution in [3.8, 4) is 11.5 Å². The molecule has 0 bridgehead atoms. The molecule has 0 aliphatic heterocycles. The van der Waals surface area contributed by atoms with E-state index in [4.69, 9.17) is 9.47 Å². The minimum Gasteiger partial charge on any atom is -0.493 e. The van der Waals surface area contributed by atoms with Crippen LogP contribution in [-0.4, -0.2) is 32.7 Å². The van der Waals surface area contributed by atoms with Crippen molar-refractivity contribution in [3.05, 3.63) is 23.8 Å². The van der Waals surface area contributed by atoms with E-state index in [-0.39, 0.29) is 0 Å². The first-order valence-corrected chi connectivity index (χ1v) is 6.71. The third-order valence-electron chi connectivity index (χ3n) is 2.70. The molecule has 1 rings (SSSR count). The van der Waals surface area contributed by atoms with Gasteiger partial charge in [-0.25, -0.2) is 10.2 Å². The van der Waals surface area contributed by atoms with E-state index >= 15 is 0 Å². The normalized spacial score (nSPS) is 9.67. The molecule has 7 nitrogen and oxygen atoms in total. The Morgan fingerprint density at radius 3 is 2.57 bits per heavy atom. The van der Waals surface area contributed by atoms with Gasteiger partial charge in [0.1, 0.15) is 0 Å². The molecule has 0 radical (unpaired) electrons. The standard InChI is InChI=1S/C14H21N3O4/c1-4-5-8-21-12-9-10(6-7-11(12)20-3)13(18)16-17-14(19)15-2/h6-7,9H,4-5,8H2,1-3H3,(H,16,18)(H2,15,17,19). The second-order valence-electron chi connectivity index (χ2n) is 4.23. The molecular formula is C14H21N3O4. The van der Waals surface area contributed by atoms with Crippen molar-refractivity contribution in [2.45, 2.75) is 19.8 Å². The van der Waals surface area contributed by atoms with Gasteiger partial charge in [0.25, 0.3) is 5.91 Å². The van der Waals surface area contributed by atoms with Gasteiger partial charge >= 0.3 is 6.03 Å². The van der Waals surface area contributed by atoms with Gasteiger partial charge in [0, 0.05) is 12.6 Å². The summed E-state index contributed by atoms with van der Waals surface area (Å²) in [5, 5.41) is 2.33. The summed E-state index contributed by atoms with van der Waals surface area (Å²) in [7, 11) is 2.99. The quantitative estimate of drug-likeness (QED) is 0.547. The number of carbonyl (C=O) groups is 2. The molecule has 0 saturated heterocycles. The number of ether oxygens (including phenoxy) is 2. The average molecular weight is 295 g/mol. The summed E-state index contributed by atoms with van der Waals surface area (Å²) >= 11 is 0. The average Bonchev–Trinajstić information content (AvgIpc) is 2.52. The number of amides is 3. The minimum absolute atomic E-state index is 0.360. The Hall–Kier alpha value is -2.44. The SMILES string of the molecule is CCCCOc1cc(C(=O)NNC(=O)NC)ccc1OC. The second kappa shape index (κ2) is 8.68. The lowest BCUT2D eigenvalue weighted by molar-refractivity contribution is 0.0936. The predicted octanol–water partition coefficient (Wildman–Crippen LogP) is 1.45. The van der Waals surface area contributed by atoms with Crippen molar-refractivity contribution in [2.24, 2.45) is 0 Å². The molecule has 1 aromatic carbocycles. The van der Waals surface area contributed by atoms with Gasteiger partial charge in [-0.2, -0.15) is 0 Å². The molecule has 3 amide bonds. The predicted molar refractivity (Wildman–Crippen MR) is 78.5 cm³/mol. The number of hydrogen-bond donors (Lipinski definition) is 3. The molecule has 0 aliphatic carbocycles. The van der Waals surface area contributed by atoms with E-state index in [9.17, 15) is 9.59 Å². The lowest BCUT2D eigenvalue weighted by atomic mass is 10.2. The molecule has 0 aliphatic rings. The van der Waals surface area contributed by atoms with E-state index < -0.39 is 11.9 Å². The van der Waals surface area contributed by atoms with Crippen molar-refractivity contribution >= 4 is 11.9 Å². The number of urea groups is 1. The van der Waals surface area contributed by atoms with Gasteiger partial charge in [0.15, 0.2) is 11.5 Å². The molecule has 21 heavy (non-hydrogen) atoms. The highest BCUT2D eigenvalue weighted by Crippen LogP contribution is 2.28. The smallest absolute Gasteiger partial charge is 0.333 e. The van der Waals surface area contributed by atoms with Crippen LogP contribution in [0.5, 0.6) is 11.5 Å². The minimum atomic E-state index is -0.503. The first kappa shape index (κ1) is 16.6. The highest BCUT2D eigenvalue weighted by atomic mass is 16.5. The second-order valence-corrected chi connectivity index (χ2v) is 4.23. The largest absolute Gasteiger partial charge is 0.493 e. The number of rotatable bonds is 6. The Kier molecular flexibility index (Phi) is 6.86. The highest BCUT2D eigenvalue weighted by Gasteiger charge is 2.11. The number of nitrogens with one attached hydrogen (secondary N) is 3. The maximum Gasteiger partial charge on any atom is 0.333 e. The third kappa shape index (κ3) is 5.21. The maximum atomic E-state index is 11.9. The summed E-state index contributed by atoms with van der Waals surface area (Å²) in [6, 6.07) is 4.31. The molecular weight excluding hydrogens is 274 g/mol. The molecule has 1 aromatic rings. The summed E-state index contributed by atoms with van der Waals surface area (Å²) in [4.78, 5) is 22.9. The molecule has 0 saturated carbocycles. The fraction of sp³-hybridized carbons (Fsp3) is 0.429. The maximum absolute atomic E-state index is 11.9. The molecule has 3 N–H and O–H groups in total. The fourth-order valence-corrected chi connectivity index (χ4v) is 1.51. The van der Waals surface area contributed by atoms with Crippen LogP contribution in [0.25, 0.3) is 0 Å². The molecule has 0 unspecified atom stereocenters. The molecule has 7 heteroatoms.